The van der Waals surface area contributed by atoms with E-state index >= 15 is 0 Å². The number of carbonyl (C=O) groups is 2. The van der Waals surface area contributed by atoms with Gasteiger partial charge in [0.05, 0.1) is 24.5 Å². The van der Waals surface area contributed by atoms with E-state index in [9.17, 15) is 35.1 Å². The highest BCUT2D eigenvalue weighted by Crippen LogP contribution is 2.76. The number of unbranched alkanes of at least 4 members (excludes halogenated alkanes) is 15. The first-order chi connectivity index (χ1) is 23.7. The molecule has 0 amide bonds. The van der Waals surface area contributed by atoms with Gasteiger partial charge in [0.25, 0.3) is 0 Å². The molecule has 0 aromatic heterocycles. The van der Waals surface area contributed by atoms with Crippen LogP contribution in [0.3, 0.4) is 0 Å². The number of esters is 1. The summed E-state index contributed by atoms with van der Waals surface area (Å²) in [5.41, 5.74) is -3.36. The van der Waals surface area contributed by atoms with Gasteiger partial charge in [-0.15, -0.1) is 0 Å². The zero-order chi connectivity index (χ0) is 36.7. The van der Waals surface area contributed by atoms with Crippen molar-refractivity contribution in [1.29, 1.82) is 0 Å². The molecule has 0 aromatic carbocycles. The van der Waals surface area contributed by atoms with Crippen molar-refractivity contribution in [2.24, 2.45) is 35.0 Å². The zero-order valence-corrected chi connectivity index (χ0v) is 31.9. The van der Waals surface area contributed by atoms with Crippen molar-refractivity contribution in [3.8, 4) is 0 Å². The van der Waals surface area contributed by atoms with E-state index in [1.54, 1.807) is 13.0 Å². The van der Waals surface area contributed by atoms with Gasteiger partial charge in [-0.05, 0) is 36.8 Å². The van der Waals surface area contributed by atoms with Crippen LogP contribution in [0.4, 0.5) is 0 Å². The molecule has 4 aliphatic carbocycles. The fourth-order valence-electron chi connectivity index (χ4n) is 10.5. The summed E-state index contributed by atoms with van der Waals surface area (Å²) >= 11 is 0. The molecule has 2 saturated carbocycles. The summed E-state index contributed by atoms with van der Waals surface area (Å²) in [7, 11) is 0. The number of hydrogen-bond acceptors (Lipinski definition) is 7. The number of carboxylic acids is 1. The van der Waals surface area contributed by atoms with Crippen LogP contribution in [0.5, 0.6) is 0 Å². The summed E-state index contributed by atoms with van der Waals surface area (Å²) < 4.78 is 6.30. The maximum atomic E-state index is 13.5. The van der Waals surface area contributed by atoms with E-state index < -0.39 is 63.9 Å². The minimum Gasteiger partial charge on any atom is -0.481 e. The second-order valence-corrected chi connectivity index (χ2v) is 17.4. The highest BCUT2D eigenvalue weighted by molar-refractivity contribution is 5.79. The number of hydrogen-bond donors (Lipinski definition) is 5. The topological polar surface area (TPSA) is 145 Å². The molecule has 2 fully saturated rings. The summed E-state index contributed by atoms with van der Waals surface area (Å²) in [6, 6.07) is 0. The van der Waals surface area contributed by atoms with Crippen LogP contribution in [-0.2, 0) is 14.3 Å². The fraction of sp³-hybridized carbons (Fsp3) is 0.857. The van der Waals surface area contributed by atoms with Crippen molar-refractivity contribution in [2.75, 3.05) is 6.61 Å². The van der Waals surface area contributed by atoms with E-state index in [4.69, 9.17) is 4.74 Å². The molecular weight excluding hydrogens is 632 g/mol. The lowest BCUT2D eigenvalue weighted by molar-refractivity contribution is -0.197. The van der Waals surface area contributed by atoms with E-state index in [0.717, 1.165) is 19.3 Å². The molecule has 0 heterocycles. The van der Waals surface area contributed by atoms with Crippen molar-refractivity contribution in [1.82, 2.24) is 0 Å². The predicted octanol–water partition coefficient (Wildman–Crippen LogP) is 8.04. The first kappa shape index (κ1) is 41.0. The van der Waals surface area contributed by atoms with E-state index in [1.807, 2.05) is 26.8 Å². The van der Waals surface area contributed by atoms with E-state index in [-0.39, 0.29) is 25.4 Å². The van der Waals surface area contributed by atoms with Crippen LogP contribution in [0.15, 0.2) is 23.3 Å². The highest BCUT2D eigenvalue weighted by Gasteiger charge is 2.83. The monoisotopic (exact) mass is 703 g/mol. The van der Waals surface area contributed by atoms with Gasteiger partial charge in [-0.25, -0.2) is 0 Å². The Balaban J connectivity index is 1.23. The maximum absolute atomic E-state index is 13.5. The SMILES string of the molecule is CCCCCCCCCCCCCCCCCCC(CC(=O)O[C@@]12C[C@@H](C)[C@@]3(O)[C@@H](C=C(CO)C[C@]4(O)C(O)C(C)=C[C@@H]34)[C@H]1C2(C)C)C(=O)O. The van der Waals surface area contributed by atoms with Crippen LogP contribution in [-0.4, -0.2) is 67.0 Å². The molecular formula is C42H70O8. The number of ether oxygens (including phenoxy) is 1. The van der Waals surface area contributed by atoms with Crippen LogP contribution < -0.4 is 0 Å². The number of carbonyl (C=O) groups excluding carboxylic acids is 1. The van der Waals surface area contributed by atoms with Gasteiger partial charge in [0.1, 0.15) is 17.3 Å². The highest BCUT2D eigenvalue weighted by atomic mass is 16.6. The van der Waals surface area contributed by atoms with Crippen molar-refractivity contribution in [3.05, 3.63) is 23.3 Å². The van der Waals surface area contributed by atoms with E-state index in [1.165, 1.54) is 83.5 Å². The predicted molar refractivity (Wildman–Crippen MR) is 196 cm³/mol. The Labute approximate surface area is 302 Å². The molecule has 8 nitrogen and oxygen atoms in total. The average Bonchev–Trinajstić information content (AvgIpc) is 3.47. The smallest absolute Gasteiger partial charge is 0.307 e. The third kappa shape index (κ3) is 8.39. The van der Waals surface area contributed by atoms with Gasteiger partial charge < -0.3 is 30.3 Å². The molecule has 0 bridgehead atoms. The number of carboxylic acid groups (broad SMARTS) is 1. The molecule has 8 heteroatoms. The van der Waals surface area contributed by atoms with E-state index in [2.05, 4.69) is 6.92 Å². The van der Waals surface area contributed by atoms with Gasteiger partial charge in [0, 0.05) is 29.6 Å². The van der Waals surface area contributed by atoms with Gasteiger partial charge in [-0.2, -0.15) is 0 Å². The second-order valence-electron chi connectivity index (χ2n) is 17.4. The molecule has 0 aliphatic heterocycles. The Hall–Kier alpha value is -1.74. The summed E-state index contributed by atoms with van der Waals surface area (Å²) in [6.45, 7) is 9.62. The van der Waals surface area contributed by atoms with Gasteiger partial charge in [0.15, 0.2) is 0 Å². The fourth-order valence-corrected chi connectivity index (χ4v) is 10.5. The molecule has 4 aliphatic rings. The average molecular weight is 703 g/mol. The Morgan fingerprint density at radius 2 is 1.40 bits per heavy atom. The van der Waals surface area contributed by atoms with Crippen molar-refractivity contribution < 1.29 is 39.9 Å². The third-order valence-electron chi connectivity index (χ3n) is 13.5. The molecule has 0 aromatic rings. The Bertz CT molecular complexity index is 1210. The Morgan fingerprint density at radius 1 is 0.880 bits per heavy atom. The van der Waals surface area contributed by atoms with Crippen LogP contribution >= 0.6 is 0 Å². The zero-order valence-electron chi connectivity index (χ0n) is 31.9. The lowest BCUT2D eigenvalue weighted by Crippen LogP contribution is -2.61. The molecule has 50 heavy (non-hydrogen) atoms. The Kier molecular flexibility index (Phi) is 14.3. The minimum absolute atomic E-state index is 0.0360. The molecule has 0 spiro atoms. The number of aliphatic hydroxyl groups is 4. The van der Waals surface area contributed by atoms with Gasteiger partial charge >= 0.3 is 11.9 Å². The van der Waals surface area contributed by atoms with Crippen LogP contribution in [0.25, 0.3) is 0 Å². The number of aliphatic hydroxyl groups excluding tert-OH is 2. The van der Waals surface area contributed by atoms with Crippen molar-refractivity contribution in [3.63, 3.8) is 0 Å². The number of fused-ring (bicyclic) bond motifs is 5. The number of aliphatic carboxylic acids is 1. The first-order valence-corrected chi connectivity index (χ1v) is 20.3. The van der Waals surface area contributed by atoms with Crippen molar-refractivity contribution >= 4 is 11.9 Å². The van der Waals surface area contributed by atoms with Gasteiger partial charge in [-0.3, -0.25) is 9.59 Å². The molecule has 286 valence electrons. The van der Waals surface area contributed by atoms with Crippen molar-refractivity contribution in [2.45, 2.75) is 186 Å². The second kappa shape index (κ2) is 17.4. The maximum Gasteiger partial charge on any atom is 0.307 e. The van der Waals surface area contributed by atoms with E-state index in [0.29, 0.717) is 24.0 Å². The summed E-state index contributed by atoms with van der Waals surface area (Å²) in [5, 5.41) is 55.5. The van der Waals surface area contributed by atoms with Crippen LogP contribution in [0.2, 0.25) is 0 Å². The van der Waals surface area contributed by atoms with Crippen LogP contribution in [0, 0.1) is 35.0 Å². The van der Waals surface area contributed by atoms with Crippen LogP contribution in [0.1, 0.15) is 163 Å². The molecule has 0 saturated heterocycles. The lowest BCUT2D eigenvalue weighted by atomic mass is 9.60. The summed E-state index contributed by atoms with van der Waals surface area (Å²) in [6.07, 6.45) is 23.2. The molecule has 5 N–H and O–H groups in total. The molecule has 2 unspecified atom stereocenters. The molecule has 0 radical (unpaired) electrons. The summed E-state index contributed by atoms with van der Waals surface area (Å²) in [5.74, 6) is -4.30. The quantitative estimate of drug-likeness (QED) is 0.0433. The standard InChI is InChI=1S/C42H70O8/c1-6-7-8-9-10-11-12-13-14-15-16-17-18-19-20-21-22-32(38(46)47)25-35(44)50-41-26-30(3)42(49)33(36(41)39(41,4)5)24-31(28-43)27-40(48)34(42)23-29(2)37(40)45/h23-24,30,32-34,36-37,43,45,48-49H,6-22,25-28H2,1-5H3,(H,46,47)/t30-,32?,33+,34-,36+,37?,40-,41+,42-/m1/s1. The number of rotatable bonds is 22. The van der Waals surface area contributed by atoms with Gasteiger partial charge in [0.2, 0.25) is 0 Å². The Morgan fingerprint density at radius 3 is 1.90 bits per heavy atom. The summed E-state index contributed by atoms with van der Waals surface area (Å²) in [4.78, 5) is 25.7. The lowest BCUT2D eigenvalue weighted by Gasteiger charge is -2.51. The largest absolute Gasteiger partial charge is 0.481 e. The third-order valence-corrected chi connectivity index (χ3v) is 13.5. The first-order valence-electron chi connectivity index (χ1n) is 20.3. The molecule has 4 rings (SSSR count). The van der Waals surface area contributed by atoms with Gasteiger partial charge in [-0.1, -0.05) is 143 Å². The minimum atomic E-state index is -1.65. The molecule has 9 atom stereocenters. The normalized spacial score (nSPS) is 34.5.